The lowest BCUT2D eigenvalue weighted by Gasteiger charge is -2.15. The minimum absolute atomic E-state index is 0.00976. The molecule has 1 aromatic heterocycles. The number of Topliss-reactive ketones (excluding diaryl/α,β-unsaturated/α-hetero) is 2. The van der Waals surface area contributed by atoms with Gasteiger partial charge in [0.1, 0.15) is 11.6 Å². The van der Waals surface area contributed by atoms with Crippen molar-refractivity contribution in [1.82, 2.24) is 4.98 Å². The second kappa shape index (κ2) is 12.0. The van der Waals surface area contributed by atoms with Crippen LogP contribution < -0.4 is 14.2 Å². The van der Waals surface area contributed by atoms with Crippen molar-refractivity contribution in [1.29, 1.82) is 0 Å². The van der Waals surface area contributed by atoms with E-state index in [2.05, 4.69) is 11.9 Å². The van der Waals surface area contributed by atoms with E-state index in [-0.39, 0.29) is 36.0 Å². The van der Waals surface area contributed by atoms with Crippen LogP contribution in [0.4, 0.5) is 8.78 Å². The molecule has 4 aromatic rings. The number of fused-ring (bicyclic) bond motifs is 1. The zero-order valence-electron chi connectivity index (χ0n) is 23.0. The molecule has 1 aliphatic carbocycles. The fourth-order valence-corrected chi connectivity index (χ4v) is 4.82. The number of benzene rings is 3. The van der Waals surface area contributed by atoms with Crippen molar-refractivity contribution >= 4 is 22.5 Å². The van der Waals surface area contributed by atoms with Crippen molar-refractivity contribution in [2.45, 2.75) is 45.4 Å². The largest absolute Gasteiger partial charge is 0.493 e. The van der Waals surface area contributed by atoms with Crippen molar-refractivity contribution in [2.75, 3.05) is 13.7 Å². The molecule has 0 aliphatic heterocycles. The van der Waals surface area contributed by atoms with E-state index in [4.69, 9.17) is 14.2 Å². The van der Waals surface area contributed by atoms with Crippen molar-refractivity contribution in [3.63, 3.8) is 0 Å². The van der Waals surface area contributed by atoms with Crippen LogP contribution in [0, 0.1) is 17.0 Å². The van der Waals surface area contributed by atoms with Gasteiger partial charge in [-0.1, -0.05) is 31.5 Å². The minimum Gasteiger partial charge on any atom is -0.493 e. The summed E-state index contributed by atoms with van der Waals surface area (Å²) in [5.74, 6) is 0.0337. The molecule has 0 atom stereocenters. The molecule has 1 saturated carbocycles. The molecule has 3 aromatic carbocycles. The molecule has 0 amide bonds. The molecule has 0 spiro atoms. The summed E-state index contributed by atoms with van der Waals surface area (Å²) in [6.07, 6.45) is 4.42. The number of carbonyl (C=O) groups excluding carboxylic acids is 2. The predicted molar refractivity (Wildman–Crippen MR) is 151 cm³/mol. The van der Waals surface area contributed by atoms with Crippen LogP contribution in [0.15, 0.2) is 66.9 Å². The number of hydrogen-bond donors (Lipinski definition) is 0. The Balaban J connectivity index is 1.29. The van der Waals surface area contributed by atoms with Gasteiger partial charge in [-0.25, -0.2) is 8.78 Å². The molecule has 1 heterocycles. The molecule has 6 nitrogen and oxygen atoms in total. The summed E-state index contributed by atoms with van der Waals surface area (Å²) in [5.41, 5.74) is 0.673. The maximum Gasteiger partial charge on any atom is 0.166 e. The van der Waals surface area contributed by atoms with E-state index in [1.165, 1.54) is 24.3 Å². The summed E-state index contributed by atoms with van der Waals surface area (Å²) >= 11 is 0. The first-order valence-corrected chi connectivity index (χ1v) is 13.7. The number of rotatable bonds is 13. The Morgan fingerprint density at radius 3 is 2.22 bits per heavy atom. The van der Waals surface area contributed by atoms with Crippen LogP contribution in [-0.4, -0.2) is 30.3 Å². The average Bonchev–Trinajstić information content (AvgIpc) is 3.78. The number of carbonyl (C=O) groups is 2. The quantitative estimate of drug-likeness (QED) is 0.127. The summed E-state index contributed by atoms with van der Waals surface area (Å²) in [5, 5.41) is 0.626. The Hall–Kier alpha value is -4.33. The van der Waals surface area contributed by atoms with Gasteiger partial charge < -0.3 is 14.2 Å². The molecule has 0 saturated heterocycles. The first-order valence-electron chi connectivity index (χ1n) is 13.7. The smallest absolute Gasteiger partial charge is 0.166 e. The van der Waals surface area contributed by atoms with Gasteiger partial charge in [0.25, 0.3) is 0 Å². The van der Waals surface area contributed by atoms with Crippen LogP contribution in [0.1, 0.15) is 43.7 Å². The Morgan fingerprint density at radius 2 is 1.56 bits per heavy atom. The molecule has 212 valence electrons. The number of ketones is 2. The molecule has 1 fully saturated rings. The summed E-state index contributed by atoms with van der Waals surface area (Å²) in [6.45, 7) is 2.64. The number of hydrogen-bond acceptors (Lipinski definition) is 6. The number of halogens is 2. The second-order valence-electron chi connectivity index (χ2n) is 10.3. The van der Waals surface area contributed by atoms with Gasteiger partial charge in [-0.05, 0) is 66.8 Å². The van der Waals surface area contributed by atoms with Gasteiger partial charge in [-0.3, -0.25) is 14.6 Å². The molecular formula is C33H31F2NO5. The fourth-order valence-electron chi connectivity index (χ4n) is 4.82. The van der Waals surface area contributed by atoms with Gasteiger partial charge in [0, 0.05) is 30.5 Å². The summed E-state index contributed by atoms with van der Waals surface area (Å²) in [6, 6.07) is 15.2. The lowest BCUT2D eigenvalue weighted by molar-refractivity contribution is -0.133. The Morgan fingerprint density at radius 1 is 0.854 bits per heavy atom. The zero-order valence-corrected chi connectivity index (χ0v) is 23.0. The molecule has 5 rings (SSSR count). The third kappa shape index (κ3) is 6.21. The topological polar surface area (TPSA) is 74.7 Å². The monoisotopic (exact) mass is 559 g/mol. The van der Waals surface area contributed by atoms with Crippen LogP contribution in [0.2, 0.25) is 0 Å². The predicted octanol–water partition coefficient (Wildman–Crippen LogP) is 7.20. The van der Waals surface area contributed by atoms with E-state index in [9.17, 15) is 14.0 Å². The first-order chi connectivity index (χ1) is 19.8. The number of pyridine rings is 1. The molecule has 0 unspecified atom stereocenters. The van der Waals surface area contributed by atoms with Crippen LogP contribution in [0.25, 0.3) is 10.9 Å². The van der Waals surface area contributed by atoms with Gasteiger partial charge in [0.05, 0.1) is 24.6 Å². The van der Waals surface area contributed by atoms with Gasteiger partial charge in [-0.15, -0.1) is 0 Å². The van der Waals surface area contributed by atoms with E-state index in [0.717, 1.165) is 12.8 Å². The average molecular weight is 560 g/mol. The Kier molecular flexibility index (Phi) is 8.28. The SMILES string of the molecule is CCCCOc1cc2nccc(Oc3ccc(CC(=O)C4(C(=O)Cc5ccc(F)cc5)CC4)cc3F)c2cc1OC. The lowest BCUT2D eigenvalue weighted by Crippen LogP contribution is -2.28. The number of aromatic nitrogens is 1. The molecular weight excluding hydrogens is 528 g/mol. The van der Waals surface area contributed by atoms with Crippen molar-refractivity contribution in [2.24, 2.45) is 5.41 Å². The normalized spacial score (nSPS) is 13.6. The third-order valence-electron chi connectivity index (χ3n) is 7.42. The molecule has 0 bridgehead atoms. The van der Waals surface area contributed by atoms with Crippen LogP contribution in [0.5, 0.6) is 23.0 Å². The highest BCUT2D eigenvalue weighted by atomic mass is 19.1. The number of ether oxygens (including phenoxy) is 3. The molecule has 41 heavy (non-hydrogen) atoms. The van der Waals surface area contributed by atoms with E-state index in [1.54, 1.807) is 49.7 Å². The van der Waals surface area contributed by atoms with Gasteiger partial charge >= 0.3 is 0 Å². The summed E-state index contributed by atoms with van der Waals surface area (Å²) in [4.78, 5) is 30.5. The van der Waals surface area contributed by atoms with E-state index in [0.29, 0.717) is 58.7 Å². The maximum atomic E-state index is 15.2. The highest BCUT2D eigenvalue weighted by Gasteiger charge is 2.54. The number of nitrogens with zero attached hydrogens (tertiary/aromatic N) is 1. The van der Waals surface area contributed by atoms with Gasteiger partial charge in [-0.2, -0.15) is 0 Å². The van der Waals surface area contributed by atoms with E-state index >= 15 is 4.39 Å². The second-order valence-corrected chi connectivity index (χ2v) is 10.3. The maximum absolute atomic E-state index is 15.2. The Labute approximate surface area is 237 Å². The number of methoxy groups -OCH3 is 1. The molecule has 0 radical (unpaired) electrons. The van der Waals surface area contributed by atoms with E-state index < -0.39 is 11.2 Å². The lowest BCUT2D eigenvalue weighted by atomic mass is 9.88. The van der Waals surface area contributed by atoms with E-state index in [1.807, 2.05) is 0 Å². The van der Waals surface area contributed by atoms with Crippen LogP contribution >= 0.6 is 0 Å². The molecule has 1 aliphatic rings. The Bertz CT molecular complexity index is 1580. The molecule has 8 heteroatoms. The van der Waals surface area contributed by atoms with Gasteiger partial charge in [0.2, 0.25) is 0 Å². The highest BCUT2D eigenvalue weighted by Crippen LogP contribution is 2.49. The fraction of sp³-hybridized carbons (Fsp3) is 0.303. The van der Waals surface area contributed by atoms with Crippen molar-refractivity contribution in [3.8, 4) is 23.0 Å². The highest BCUT2D eigenvalue weighted by molar-refractivity contribution is 6.10. The third-order valence-corrected chi connectivity index (χ3v) is 7.42. The standard InChI is InChI=1S/C33H31F2NO5/c1-3-4-15-40-30-20-26-24(19-29(30)39-2)27(11-14-36-26)41-28-10-7-22(16-25(28)35)18-32(38)33(12-13-33)31(37)17-21-5-8-23(34)9-6-21/h5-11,14,16,19-20H,3-4,12-13,15,17-18H2,1-2H3. The zero-order chi connectivity index (χ0) is 29.0. The van der Waals surface area contributed by atoms with Crippen LogP contribution in [-0.2, 0) is 22.4 Å². The van der Waals surface area contributed by atoms with Gasteiger partial charge in [0.15, 0.2) is 34.6 Å². The molecule has 0 N–H and O–H groups in total. The van der Waals surface area contributed by atoms with Crippen LogP contribution in [0.3, 0.4) is 0 Å². The van der Waals surface area contributed by atoms with Crippen molar-refractivity contribution < 1.29 is 32.6 Å². The van der Waals surface area contributed by atoms with Crippen molar-refractivity contribution in [3.05, 3.63) is 89.6 Å². The summed E-state index contributed by atoms with van der Waals surface area (Å²) < 4.78 is 45.6. The minimum atomic E-state index is -1.05. The first kappa shape index (κ1) is 28.2. The summed E-state index contributed by atoms with van der Waals surface area (Å²) in [7, 11) is 1.55. The number of unbranched alkanes of at least 4 members (excludes halogenated alkanes) is 1.